The average Bonchev–Trinajstić information content (AvgIpc) is 2.50. The monoisotopic (exact) mass is 287 g/mol. The van der Waals surface area contributed by atoms with Crippen LogP contribution in [0.1, 0.15) is 37.7 Å². The van der Waals surface area contributed by atoms with Gasteiger partial charge in [0, 0.05) is 11.9 Å². The Labute approximate surface area is 124 Å². The van der Waals surface area contributed by atoms with Crippen LogP contribution in [0.5, 0.6) is 0 Å². The van der Waals surface area contributed by atoms with E-state index in [9.17, 15) is 9.59 Å². The number of hydrogen-bond acceptors (Lipinski definition) is 3. The molecule has 0 heterocycles. The molecule has 0 radical (unpaired) electrons. The third-order valence-electron chi connectivity index (χ3n) is 3.62. The molecule has 0 spiro atoms. The second-order valence-electron chi connectivity index (χ2n) is 5.44. The zero-order valence-electron chi connectivity index (χ0n) is 12.3. The molecule has 21 heavy (non-hydrogen) atoms. The van der Waals surface area contributed by atoms with E-state index >= 15 is 0 Å². The Hall–Kier alpha value is -2.17. The van der Waals surface area contributed by atoms with E-state index in [1.165, 1.54) is 19.3 Å². The SMILES string of the molecule is Cc1ccc(NC(=O)C(=O)NN=CC2CCCCC2)cc1. The van der Waals surface area contributed by atoms with Gasteiger partial charge in [0.15, 0.2) is 0 Å². The van der Waals surface area contributed by atoms with Crippen LogP contribution >= 0.6 is 0 Å². The van der Waals surface area contributed by atoms with Crippen LogP contribution in [0.2, 0.25) is 0 Å². The lowest BCUT2D eigenvalue weighted by molar-refractivity contribution is -0.136. The molecule has 2 N–H and O–H groups in total. The zero-order chi connectivity index (χ0) is 15.1. The van der Waals surface area contributed by atoms with Crippen molar-refractivity contribution in [2.24, 2.45) is 11.0 Å². The van der Waals surface area contributed by atoms with Crippen LogP contribution in [0, 0.1) is 12.8 Å². The zero-order valence-corrected chi connectivity index (χ0v) is 12.3. The highest BCUT2D eigenvalue weighted by Gasteiger charge is 2.14. The molecule has 2 rings (SSSR count). The fraction of sp³-hybridized carbons (Fsp3) is 0.438. The largest absolute Gasteiger partial charge is 0.329 e. The summed E-state index contributed by atoms with van der Waals surface area (Å²) < 4.78 is 0. The molecule has 1 aliphatic carbocycles. The van der Waals surface area contributed by atoms with Gasteiger partial charge < -0.3 is 5.32 Å². The van der Waals surface area contributed by atoms with Gasteiger partial charge in [0.1, 0.15) is 0 Å². The number of hydrogen-bond donors (Lipinski definition) is 2. The molecular formula is C16H21N3O2. The normalized spacial score (nSPS) is 15.9. The van der Waals surface area contributed by atoms with Crippen molar-refractivity contribution in [2.45, 2.75) is 39.0 Å². The number of nitrogens with one attached hydrogen (secondary N) is 2. The highest BCUT2D eigenvalue weighted by molar-refractivity contribution is 6.39. The molecule has 1 aromatic carbocycles. The summed E-state index contributed by atoms with van der Waals surface area (Å²) >= 11 is 0. The van der Waals surface area contributed by atoms with Gasteiger partial charge in [0.2, 0.25) is 0 Å². The molecule has 1 saturated carbocycles. The van der Waals surface area contributed by atoms with E-state index in [1.807, 2.05) is 19.1 Å². The van der Waals surface area contributed by atoms with Gasteiger partial charge >= 0.3 is 11.8 Å². The van der Waals surface area contributed by atoms with Crippen LogP contribution in [-0.4, -0.2) is 18.0 Å². The molecule has 0 aliphatic heterocycles. The lowest BCUT2D eigenvalue weighted by Gasteiger charge is -2.16. The summed E-state index contributed by atoms with van der Waals surface area (Å²) in [7, 11) is 0. The Bertz CT molecular complexity index is 517. The summed E-state index contributed by atoms with van der Waals surface area (Å²) in [5, 5.41) is 6.42. The first kappa shape index (κ1) is 15.2. The van der Waals surface area contributed by atoms with Gasteiger partial charge in [-0.3, -0.25) is 9.59 Å². The number of hydrazone groups is 1. The maximum atomic E-state index is 11.7. The molecule has 1 fully saturated rings. The molecule has 2 amide bonds. The number of anilines is 1. The minimum Gasteiger partial charge on any atom is -0.318 e. The number of benzene rings is 1. The molecule has 0 unspecified atom stereocenters. The van der Waals surface area contributed by atoms with Gasteiger partial charge in [0.05, 0.1) is 0 Å². The summed E-state index contributed by atoms with van der Waals surface area (Å²) in [6.07, 6.45) is 7.65. The second kappa shape index (κ2) is 7.57. The number of amides is 2. The first-order chi connectivity index (χ1) is 10.1. The highest BCUT2D eigenvalue weighted by atomic mass is 16.2. The van der Waals surface area contributed by atoms with Crippen molar-refractivity contribution in [2.75, 3.05) is 5.32 Å². The van der Waals surface area contributed by atoms with Crippen molar-refractivity contribution in [3.8, 4) is 0 Å². The molecule has 0 aromatic heterocycles. The quantitative estimate of drug-likeness (QED) is 0.509. The molecule has 1 aromatic rings. The van der Waals surface area contributed by atoms with Gasteiger partial charge in [-0.15, -0.1) is 0 Å². The van der Waals surface area contributed by atoms with Crippen LogP contribution < -0.4 is 10.7 Å². The molecule has 0 atom stereocenters. The topological polar surface area (TPSA) is 70.6 Å². The van der Waals surface area contributed by atoms with Crippen LogP contribution in [-0.2, 0) is 9.59 Å². The Balaban J connectivity index is 1.78. The number of aryl methyl sites for hydroxylation is 1. The first-order valence-corrected chi connectivity index (χ1v) is 7.36. The third kappa shape index (κ3) is 5.02. The fourth-order valence-corrected chi connectivity index (χ4v) is 2.36. The van der Waals surface area contributed by atoms with Crippen molar-refractivity contribution in [3.63, 3.8) is 0 Å². The average molecular weight is 287 g/mol. The summed E-state index contributed by atoms with van der Waals surface area (Å²) in [5.74, 6) is -1.04. The Morgan fingerprint density at radius 2 is 1.76 bits per heavy atom. The Kier molecular flexibility index (Phi) is 5.49. The van der Waals surface area contributed by atoms with Crippen molar-refractivity contribution in [1.82, 2.24) is 5.43 Å². The van der Waals surface area contributed by atoms with Crippen molar-refractivity contribution in [3.05, 3.63) is 29.8 Å². The number of rotatable bonds is 3. The molecule has 0 bridgehead atoms. The van der Waals surface area contributed by atoms with Gasteiger partial charge in [-0.25, -0.2) is 5.43 Å². The van der Waals surface area contributed by atoms with Crippen LogP contribution in [0.4, 0.5) is 5.69 Å². The van der Waals surface area contributed by atoms with Crippen LogP contribution in [0.25, 0.3) is 0 Å². The minimum absolute atomic E-state index is 0.416. The Morgan fingerprint density at radius 1 is 1.10 bits per heavy atom. The molecular weight excluding hydrogens is 266 g/mol. The summed E-state index contributed by atoms with van der Waals surface area (Å²) in [5.41, 5.74) is 3.97. The molecule has 1 aliphatic rings. The molecule has 0 saturated heterocycles. The van der Waals surface area contributed by atoms with Gasteiger partial charge in [-0.2, -0.15) is 5.10 Å². The predicted molar refractivity (Wildman–Crippen MR) is 83.0 cm³/mol. The molecule has 5 nitrogen and oxygen atoms in total. The van der Waals surface area contributed by atoms with Crippen LogP contribution in [0.15, 0.2) is 29.4 Å². The molecule has 112 valence electrons. The maximum absolute atomic E-state index is 11.7. The van der Waals surface area contributed by atoms with E-state index in [1.54, 1.807) is 18.3 Å². The highest BCUT2D eigenvalue weighted by Crippen LogP contribution is 2.21. The third-order valence-corrected chi connectivity index (χ3v) is 3.62. The fourth-order valence-electron chi connectivity index (χ4n) is 2.36. The van der Waals surface area contributed by atoms with Gasteiger partial charge in [-0.05, 0) is 37.8 Å². The number of carbonyl (C=O) groups excluding carboxylic acids is 2. The lowest BCUT2D eigenvalue weighted by atomic mass is 9.90. The Morgan fingerprint density at radius 3 is 2.43 bits per heavy atom. The van der Waals surface area contributed by atoms with Crippen molar-refractivity contribution >= 4 is 23.7 Å². The summed E-state index contributed by atoms with van der Waals surface area (Å²) in [6, 6.07) is 7.25. The standard InChI is InChI=1S/C16H21N3O2/c1-12-7-9-14(10-8-12)18-15(20)16(21)19-17-11-13-5-3-2-4-6-13/h7-11,13H,2-6H2,1H3,(H,18,20)(H,19,21). The predicted octanol–water partition coefficient (Wildman–Crippen LogP) is 2.62. The van der Waals surface area contributed by atoms with E-state index in [-0.39, 0.29) is 0 Å². The minimum atomic E-state index is -0.748. The summed E-state index contributed by atoms with van der Waals surface area (Å²) in [6.45, 7) is 1.96. The number of nitrogens with zero attached hydrogens (tertiary/aromatic N) is 1. The maximum Gasteiger partial charge on any atom is 0.329 e. The lowest BCUT2D eigenvalue weighted by Crippen LogP contribution is -2.32. The van der Waals surface area contributed by atoms with E-state index in [4.69, 9.17) is 0 Å². The van der Waals surface area contributed by atoms with E-state index in [0.717, 1.165) is 18.4 Å². The van der Waals surface area contributed by atoms with Crippen LogP contribution in [0.3, 0.4) is 0 Å². The first-order valence-electron chi connectivity index (χ1n) is 7.36. The molecule has 5 heteroatoms. The number of carbonyl (C=O) groups is 2. The van der Waals surface area contributed by atoms with Gasteiger partial charge in [-0.1, -0.05) is 37.0 Å². The summed E-state index contributed by atoms with van der Waals surface area (Å²) in [4.78, 5) is 23.3. The van der Waals surface area contributed by atoms with E-state index in [2.05, 4.69) is 15.8 Å². The van der Waals surface area contributed by atoms with E-state index < -0.39 is 11.8 Å². The van der Waals surface area contributed by atoms with E-state index in [0.29, 0.717) is 11.6 Å². The van der Waals surface area contributed by atoms with Crippen molar-refractivity contribution in [1.29, 1.82) is 0 Å². The van der Waals surface area contributed by atoms with Gasteiger partial charge in [0.25, 0.3) is 0 Å². The smallest absolute Gasteiger partial charge is 0.318 e. The van der Waals surface area contributed by atoms with Crippen molar-refractivity contribution < 1.29 is 9.59 Å². The second-order valence-corrected chi connectivity index (χ2v) is 5.44.